The molecule has 2 rings (SSSR count). The Morgan fingerprint density at radius 1 is 1.50 bits per heavy atom. The molecule has 2 heterocycles. The summed E-state index contributed by atoms with van der Waals surface area (Å²) in [5.74, 6) is 0.715. The molecule has 1 aliphatic rings. The van der Waals surface area contributed by atoms with Crippen LogP contribution in [0.3, 0.4) is 0 Å². The SMILES string of the molecule is Nc1ncsc1CN1CCCC1. The van der Waals surface area contributed by atoms with Crippen molar-refractivity contribution in [3.8, 4) is 0 Å². The minimum atomic E-state index is 0.715. The zero-order valence-electron chi connectivity index (χ0n) is 6.99. The fourth-order valence-electron chi connectivity index (χ4n) is 1.54. The van der Waals surface area contributed by atoms with E-state index in [2.05, 4.69) is 9.88 Å². The summed E-state index contributed by atoms with van der Waals surface area (Å²) in [5.41, 5.74) is 7.51. The third-order valence-electron chi connectivity index (χ3n) is 2.24. The van der Waals surface area contributed by atoms with Gasteiger partial charge in [0.15, 0.2) is 0 Å². The molecule has 1 aromatic rings. The van der Waals surface area contributed by atoms with Crippen LogP contribution >= 0.6 is 11.3 Å². The average Bonchev–Trinajstić information content (AvgIpc) is 2.65. The van der Waals surface area contributed by atoms with E-state index in [-0.39, 0.29) is 0 Å². The van der Waals surface area contributed by atoms with E-state index in [1.54, 1.807) is 11.3 Å². The van der Waals surface area contributed by atoms with E-state index in [0.717, 1.165) is 6.54 Å². The number of rotatable bonds is 2. The first-order valence-corrected chi connectivity index (χ1v) is 5.14. The number of aromatic nitrogens is 1. The molecule has 1 saturated heterocycles. The summed E-state index contributed by atoms with van der Waals surface area (Å²) < 4.78 is 0. The second kappa shape index (κ2) is 3.41. The molecule has 0 atom stereocenters. The summed E-state index contributed by atoms with van der Waals surface area (Å²) in [6.45, 7) is 3.44. The standard InChI is InChI=1S/C8H13N3S/c9-8-7(12-6-10-8)5-11-3-1-2-4-11/h6H,1-5,9H2. The van der Waals surface area contributed by atoms with E-state index in [1.807, 2.05) is 5.51 Å². The van der Waals surface area contributed by atoms with Crippen LogP contribution in [-0.2, 0) is 6.54 Å². The minimum Gasteiger partial charge on any atom is -0.383 e. The molecule has 0 saturated carbocycles. The van der Waals surface area contributed by atoms with Gasteiger partial charge in [-0.15, -0.1) is 11.3 Å². The monoisotopic (exact) mass is 183 g/mol. The Bertz CT molecular complexity index is 253. The molecule has 0 unspecified atom stereocenters. The van der Waals surface area contributed by atoms with Gasteiger partial charge in [0.25, 0.3) is 0 Å². The highest BCUT2D eigenvalue weighted by Crippen LogP contribution is 2.19. The van der Waals surface area contributed by atoms with Crippen LogP contribution in [0.1, 0.15) is 17.7 Å². The zero-order chi connectivity index (χ0) is 8.39. The maximum absolute atomic E-state index is 5.69. The number of likely N-dealkylation sites (tertiary alicyclic amines) is 1. The Hall–Kier alpha value is -0.610. The molecule has 3 nitrogen and oxygen atoms in total. The van der Waals surface area contributed by atoms with Gasteiger partial charge in [-0.1, -0.05) is 0 Å². The fraction of sp³-hybridized carbons (Fsp3) is 0.625. The van der Waals surface area contributed by atoms with Crippen molar-refractivity contribution >= 4 is 17.2 Å². The van der Waals surface area contributed by atoms with Crippen LogP contribution in [0.4, 0.5) is 5.82 Å². The molecule has 1 aliphatic heterocycles. The van der Waals surface area contributed by atoms with Crippen molar-refractivity contribution in [2.24, 2.45) is 0 Å². The maximum atomic E-state index is 5.69. The second-order valence-corrected chi connectivity index (χ2v) is 4.08. The molecule has 0 amide bonds. The molecule has 0 aliphatic carbocycles. The molecule has 12 heavy (non-hydrogen) atoms. The lowest BCUT2D eigenvalue weighted by Gasteiger charge is -2.12. The van der Waals surface area contributed by atoms with E-state index < -0.39 is 0 Å². The molecule has 1 fully saturated rings. The Morgan fingerprint density at radius 3 is 2.83 bits per heavy atom. The summed E-state index contributed by atoms with van der Waals surface area (Å²) in [6, 6.07) is 0. The zero-order valence-corrected chi connectivity index (χ0v) is 7.81. The van der Waals surface area contributed by atoms with Gasteiger partial charge in [-0.2, -0.15) is 0 Å². The van der Waals surface area contributed by atoms with Crippen molar-refractivity contribution in [3.05, 3.63) is 10.4 Å². The first-order valence-electron chi connectivity index (χ1n) is 4.26. The summed E-state index contributed by atoms with van der Waals surface area (Å²) in [6.07, 6.45) is 2.66. The van der Waals surface area contributed by atoms with Crippen LogP contribution in [0.25, 0.3) is 0 Å². The molecule has 0 aromatic carbocycles. The van der Waals surface area contributed by atoms with Gasteiger partial charge in [-0.25, -0.2) is 4.98 Å². The number of hydrogen-bond donors (Lipinski definition) is 1. The number of nitrogen functional groups attached to an aromatic ring is 1. The highest BCUT2D eigenvalue weighted by molar-refractivity contribution is 7.10. The number of nitrogens with two attached hydrogens (primary N) is 1. The molecule has 0 radical (unpaired) electrons. The van der Waals surface area contributed by atoms with Crippen LogP contribution < -0.4 is 5.73 Å². The van der Waals surface area contributed by atoms with Crippen molar-refractivity contribution in [2.75, 3.05) is 18.8 Å². The predicted molar refractivity (Wildman–Crippen MR) is 51.0 cm³/mol. The summed E-state index contributed by atoms with van der Waals surface area (Å²) in [4.78, 5) is 7.68. The minimum absolute atomic E-state index is 0.715. The van der Waals surface area contributed by atoms with E-state index >= 15 is 0 Å². The van der Waals surface area contributed by atoms with E-state index in [0.29, 0.717) is 5.82 Å². The van der Waals surface area contributed by atoms with Crippen LogP contribution in [0.2, 0.25) is 0 Å². The van der Waals surface area contributed by atoms with E-state index in [9.17, 15) is 0 Å². The second-order valence-electron chi connectivity index (χ2n) is 3.14. The first-order chi connectivity index (χ1) is 5.86. The normalized spacial score (nSPS) is 18.7. The van der Waals surface area contributed by atoms with Crippen molar-refractivity contribution in [2.45, 2.75) is 19.4 Å². The highest BCUT2D eigenvalue weighted by Gasteiger charge is 2.13. The first kappa shape index (κ1) is 8.01. The van der Waals surface area contributed by atoms with Gasteiger partial charge >= 0.3 is 0 Å². The van der Waals surface area contributed by atoms with Gasteiger partial charge in [0.05, 0.1) is 10.4 Å². The number of thiazole rings is 1. The summed E-state index contributed by atoms with van der Waals surface area (Å²) in [5, 5.41) is 0. The summed E-state index contributed by atoms with van der Waals surface area (Å²) in [7, 11) is 0. The third-order valence-corrected chi connectivity index (χ3v) is 3.07. The largest absolute Gasteiger partial charge is 0.383 e. The van der Waals surface area contributed by atoms with Gasteiger partial charge in [0.2, 0.25) is 0 Å². The van der Waals surface area contributed by atoms with Gasteiger partial charge in [-0.05, 0) is 25.9 Å². The highest BCUT2D eigenvalue weighted by atomic mass is 32.1. The van der Waals surface area contributed by atoms with Crippen LogP contribution in [0.5, 0.6) is 0 Å². The van der Waals surface area contributed by atoms with Crippen molar-refractivity contribution in [1.82, 2.24) is 9.88 Å². The van der Waals surface area contributed by atoms with Crippen molar-refractivity contribution in [1.29, 1.82) is 0 Å². The molecule has 0 spiro atoms. The van der Waals surface area contributed by atoms with Crippen LogP contribution in [0, 0.1) is 0 Å². The Kier molecular flexibility index (Phi) is 2.28. The molecular formula is C8H13N3S. The number of nitrogens with zero attached hydrogens (tertiary/aromatic N) is 2. The van der Waals surface area contributed by atoms with Gasteiger partial charge in [0, 0.05) is 6.54 Å². The molecule has 66 valence electrons. The molecule has 2 N–H and O–H groups in total. The average molecular weight is 183 g/mol. The Balaban J connectivity index is 1.98. The third kappa shape index (κ3) is 1.59. The fourth-order valence-corrected chi connectivity index (χ4v) is 2.27. The van der Waals surface area contributed by atoms with Crippen molar-refractivity contribution < 1.29 is 0 Å². The van der Waals surface area contributed by atoms with Crippen LogP contribution in [-0.4, -0.2) is 23.0 Å². The van der Waals surface area contributed by atoms with Gasteiger partial charge in [-0.3, -0.25) is 4.90 Å². The number of anilines is 1. The Labute approximate surface area is 76.2 Å². The van der Waals surface area contributed by atoms with Crippen molar-refractivity contribution in [3.63, 3.8) is 0 Å². The van der Waals surface area contributed by atoms with Crippen LogP contribution in [0.15, 0.2) is 5.51 Å². The van der Waals surface area contributed by atoms with E-state index in [1.165, 1.54) is 30.8 Å². The smallest absolute Gasteiger partial charge is 0.138 e. The van der Waals surface area contributed by atoms with Gasteiger partial charge in [0.1, 0.15) is 5.82 Å². The van der Waals surface area contributed by atoms with E-state index in [4.69, 9.17) is 5.73 Å². The van der Waals surface area contributed by atoms with Gasteiger partial charge < -0.3 is 5.73 Å². The Morgan fingerprint density at radius 2 is 2.25 bits per heavy atom. The predicted octanol–water partition coefficient (Wildman–Crippen LogP) is 1.32. The topological polar surface area (TPSA) is 42.1 Å². The molecule has 4 heteroatoms. The summed E-state index contributed by atoms with van der Waals surface area (Å²) >= 11 is 1.66. The molecular weight excluding hydrogens is 170 g/mol. The lowest BCUT2D eigenvalue weighted by molar-refractivity contribution is 0.335. The quantitative estimate of drug-likeness (QED) is 0.752. The molecule has 0 bridgehead atoms. The lowest BCUT2D eigenvalue weighted by Crippen LogP contribution is -2.18. The lowest BCUT2D eigenvalue weighted by atomic mass is 10.4. The molecule has 1 aromatic heterocycles. The number of hydrogen-bond acceptors (Lipinski definition) is 4. The maximum Gasteiger partial charge on any atom is 0.138 e.